The van der Waals surface area contributed by atoms with Crippen LogP contribution in [0, 0.1) is 0 Å². The molecule has 0 aromatic carbocycles. The highest BCUT2D eigenvalue weighted by Crippen LogP contribution is 2.40. The van der Waals surface area contributed by atoms with Crippen LogP contribution in [-0.2, 0) is 15.7 Å². The van der Waals surface area contributed by atoms with Crippen molar-refractivity contribution in [3.05, 3.63) is 22.6 Å². The largest absolute Gasteiger partial charge is 0.446 e. The van der Waals surface area contributed by atoms with E-state index in [-0.39, 0.29) is 39.8 Å². The molecule has 2 atom stereocenters. The van der Waals surface area contributed by atoms with Gasteiger partial charge in [0, 0.05) is 45.0 Å². The van der Waals surface area contributed by atoms with Gasteiger partial charge in [0.1, 0.15) is 11.9 Å². The first-order valence-corrected chi connectivity index (χ1v) is 11.6. The van der Waals surface area contributed by atoms with Crippen LogP contribution in [0.15, 0.2) is 11.4 Å². The van der Waals surface area contributed by atoms with Gasteiger partial charge in [-0.05, 0) is 19.4 Å². The van der Waals surface area contributed by atoms with Crippen molar-refractivity contribution in [3.8, 4) is 0 Å². The van der Waals surface area contributed by atoms with Crippen LogP contribution >= 0.6 is 11.3 Å². The second-order valence-electron chi connectivity index (χ2n) is 8.15. The van der Waals surface area contributed by atoms with Crippen LogP contribution in [0.4, 0.5) is 23.8 Å². The Balaban J connectivity index is 1.46. The van der Waals surface area contributed by atoms with Gasteiger partial charge in [0.25, 0.3) is 5.91 Å². The zero-order chi connectivity index (χ0) is 23.8. The number of piperidine rings is 1. The van der Waals surface area contributed by atoms with Crippen molar-refractivity contribution in [1.82, 2.24) is 15.6 Å². The number of hydrogen-bond donors (Lipinski definition) is 2. The number of nitrogens with one attached hydrogen (secondary N) is 2. The molecule has 33 heavy (non-hydrogen) atoms. The summed E-state index contributed by atoms with van der Waals surface area (Å²) in [4.78, 5) is 30.4. The molecular formula is C21H25F3N4O4S. The molecule has 2 fully saturated rings. The number of carbonyl (C=O) groups is 2. The van der Waals surface area contributed by atoms with Gasteiger partial charge in [0.05, 0.1) is 33.5 Å². The second-order valence-corrected chi connectivity index (χ2v) is 9.03. The van der Waals surface area contributed by atoms with E-state index < -0.39 is 23.7 Å². The molecular weight excluding hydrogens is 461 g/mol. The molecule has 0 radical (unpaired) electrons. The molecule has 2 aromatic rings. The van der Waals surface area contributed by atoms with Crippen molar-refractivity contribution in [2.24, 2.45) is 0 Å². The van der Waals surface area contributed by atoms with Crippen LogP contribution in [0.2, 0.25) is 0 Å². The molecule has 2 aliphatic rings. The SMILES string of the molecule is CNC(=O)c1csc2c(C(F)(F)F)cc(N3CCC(OC(=O)N[C@@H](C)[C@@H]4CCO4)CC3)nc12. The van der Waals surface area contributed by atoms with E-state index >= 15 is 0 Å². The van der Waals surface area contributed by atoms with Gasteiger partial charge in [0.15, 0.2) is 0 Å². The number of alkyl carbamates (subject to hydrolysis) is 1. The molecule has 180 valence electrons. The van der Waals surface area contributed by atoms with E-state index in [0.717, 1.165) is 23.8 Å². The quantitative estimate of drug-likeness (QED) is 0.672. The Morgan fingerprint density at radius 3 is 2.58 bits per heavy atom. The Hall–Kier alpha value is -2.60. The maximum absolute atomic E-state index is 13.7. The first-order valence-electron chi connectivity index (χ1n) is 10.7. The number of alkyl halides is 3. The van der Waals surface area contributed by atoms with Gasteiger partial charge in [-0.1, -0.05) is 0 Å². The second kappa shape index (κ2) is 9.34. The lowest BCUT2D eigenvalue weighted by Crippen LogP contribution is -2.48. The van der Waals surface area contributed by atoms with Gasteiger partial charge in [-0.15, -0.1) is 11.3 Å². The number of aromatic nitrogens is 1. The number of nitrogens with zero attached hydrogens (tertiary/aromatic N) is 2. The summed E-state index contributed by atoms with van der Waals surface area (Å²) in [6.45, 7) is 3.28. The lowest BCUT2D eigenvalue weighted by molar-refractivity contribution is -0.136. The Bertz CT molecular complexity index is 1030. The number of thiophene rings is 1. The number of fused-ring (bicyclic) bond motifs is 1. The molecule has 4 rings (SSSR count). The summed E-state index contributed by atoms with van der Waals surface area (Å²) in [7, 11) is 1.42. The third kappa shape index (κ3) is 5.01. The number of hydrogen-bond acceptors (Lipinski definition) is 7. The van der Waals surface area contributed by atoms with Crippen molar-refractivity contribution in [1.29, 1.82) is 0 Å². The van der Waals surface area contributed by atoms with Crippen LogP contribution in [0.5, 0.6) is 0 Å². The molecule has 0 saturated carbocycles. The third-order valence-electron chi connectivity index (χ3n) is 5.96. The molecule has 2 amide bonds. The van der Waals surface area contributed by atoms with Gasteiger partial charge in [-0.2, -0.15) is 13.2 Å². The molecule has 2 N–H and O–H groups in total. The summed E-state index contributed by atoms with van der Waals surface area (Å²) in [5, 5.41) is 6.59. The minimum atomic E-state index is -4.58. The van der Waals surface area contributed by atoms with Crippen molar-refractivity contribution >= 4 is 39.4 Å². The Morgan fingerprint density at radius 2 is 2.00 bits per heavy atom. The summed E-state index contributed by atoms with van der Waals surface area (Å²) >= 11 is 0.851. The fourth-order valence-electron chi connectivity index (χ4n) is 3.98. The topological polar surface area (TPSA) is 92.8 Å². The molecule has 4 heterocycles. The van der Waals surface area contributed by atoms with Crippen LogP contribution < -0.4 is 15.5 Å². The number of pyridine rings is 1. The minimum Gasteiger partial charge on any atom is -0.446 e. The summed E-state index contributed by atoms with van der Waals surface area (Å²) in [6.07, 6.45) is -3.65. The number of anilines is 1. The molecule has 0 unspecified atom stereocenters. The zero-order valence-corrected chi connectivity index (χ0v) is 19.0. The van der Waals surface area contributed by atoms with E-state index in [1.165, 1.54) is 12.4 Å². The van der Waals surface area contributed by atoms with Gasteiger partial charge in [-0.3, -0.25) is 4.79 Å². The third-order valence-corrected chi connectivity index (χ3v) is 6.97. The lowest BCUT2D eigenvalue weighted by atomic mass is 10.1. The first-order chi connectivity index (χ1) is 15.7. The van der Waals surface area contributed by atoms with Crippen molar-refractivity contribution < 1.29 is 32.2 Å². The fourth-order valence-corrected chi connectivity index (χ4v) is 5.00. The lowest BCUT2D eigenvalue weighted by Gasteiger charge is -2.34. The van der Waals surface area contributed by atoms with Crippen LogP contribution in [0.25, 0.3) is 10.2 Å². The summed E-state index contributed by atoms with van der Waals surface area (Å²) in [5.74, 6) is -0.337. The van der Waals surface area contributed by atoms with Crippen LogP contribution in [-0.4, -0.2) is 62.0 Å². The molecule has 0 bridgehead atoms. The number of carbonyl (C=O) groups excluding carboxylic acids is 2. The molecule has 2 aromatic heterocycles. The van der Waals surface area contributed by atoms with E-state index in [2.05, 4.69) is 15.6 Å². The Morgan fingerprint density at radius 1 is 1.30 bits per heavy atom. The van der Waals surface area contributed by atoms with Crippen LogP contribution in [0.3, 0.4) is 0 Å². The molecule has 12 heteroatoms. The van der Waals surface area contributed by atoms with E-state index in [0.29, 0.717) is 32.5 Å². The zero-order valence-electron chi connectivity index (χ0n) is 18.2. The summed E-state index contributed by atoms with van der Waals surface area (Å²) < 4.78 is 52.0. The molecule has 2 saturated heterocycles. The van der Waals surface area contributed by atoms with Gasteiger partial charge in [0.2, 0.25) is 0 Å². The normalized spacial score (nSPS) is 20.3. The highest BCUT2D eigenvalue weighted by atomic mass is 32.1. The van der Waals surface area contributed by atoms with Gasteiger partial charge >= 0.3 is 12.3 Å². The molecule has 0 aliphatic carbocycles. The monoisotopic (exact) mass is 486 g/mol. The van der Waals surface area contributed by atoms with Crippen molar-refractivity contribution in [2.75, 3.05) is 31.6 Å². The number of halogens is 3. The van der Waals surface area contributed by atoms with Crippen LogP contribution in [0.1, 0.15) is 42.1 Å². The highest BCUT2D eigenvalue weighted by molar-refractivity contribution is 7.17. The Kier molecular flexibility index (Phi) is 6.66. The van der Waals surface area contributed by atoms with Gasteiger partial charge in [-0.25, -0.2) is 9.78 Å². The minimum absolute atomic E-state index is 0.00000280. The van der Waals surface area contributed by atoms with Gasteiger partial charge < -0.3 is 25.0 Å². The molecule has 0 spiro atoms. The fraction of sp³-hybridized carbons (Fsp3) is 0.571. The van der Waals surface area contributed by atoms with Crippen molar-refractivity contribution in [2.45, 2.75) is 50.6 Å². The highest BCUT2D eigenvalue weighted by Gasteiger charge is 2.36. The number of ether oxygens (including phenoxy) is 2. The maximum atomic E-state index is 13.7. The standard InChI is InChI=1S/C21H25F3N4O4S/c1-11(15-5-8-31-15)26-20(30)32-12-3-6-28(7-4-12)16-9-14(21(22,23)24)18-17(27-16)13(10-33-18)19(29)25-2/h9-12,15H,3-8H2,1-2H3,(H,25,29)(H,26,30)/t11-,15-/m0/s1. The Labute approximate surface area is 192 Å². The molecule has 2 aliphatic heterocycles. The van der Waals surface area contributed by atoms with E-state index in [4.69, 9.17) is 9.47 Å². The number of rotatable bonds is 5. The first kappa shape index (κ1) is 23.6. The van der Waals surface area contributed by atoms with E-state index in [1.807, 2.05) is 6.92 Å². The van der Waals surface area contributed by atoms with E-state index in [1.54, 1.807) is 4.90 Å². The maximum Gasteiger partial charge on any atom is 0.417 e. The smallest absolute Gasteiger partial charge is 0.417 e. The van der Waals surface area contributed by atoms with E-state index in [9.17, 15) is 22.8 Å². The predicted molar refractivity (Wildman–Crippen MR) is 117 cm³/mol. The number of amides is 2. The predicted octanol–water partition coefficient (Wildman–Crippen LogP) is 3.55. The average molecular weight is 487 g/mol. The van der Waals surface area contributed by atoms with Crippen molar-refractivity contribution in [3.63, 3.8) is 0 Å². The molecule has 8 nitrogen and oxygen atoms in total. The average Bonchev–Trinajstić information content (AvgIpc) is 3.14. The summed E-state index contributed by atoms with van der Waals surface area (Å²) in [5.41, 5.74) is -0.661. The summed E-state index contributed by atoms with van der Waals surface area (Å²) in [6, 6.07) is 0.879.